The zero-order chi connectivity index (χ0) is 14.0. The molecule has 5 heteroatoms. The van der Waals surface area contributed by atoms with E-state index in [9.17, 15) is 4.79 Å². The van der Waals surface area contributed by atoms with Crippen molar-refractivity contribution in [3.63, 3.8) is 0 Å². The summed E-state index contributed by atoms with van der Waals surface area (Å²) in [5, 5.41) is 0. The molecule has 0 aliphatic rings. The molecule has 5 nitrogen and oxygen atoms in total. The molecule has 2 aromatic rings. The Bertz CT molecular complexity index is 619. The summed E-state index contributed by atoms with van der Waals surface area (Å²) in [5.41, 5.74) is 1.21. The highest BCUT2D eigenvalue weighted by atomic mass is 16.1. The number of hydrogen-bond donors (Lipinski definition) is 0. The molecule has 2 rings (SSSR count). The molecule has 0 amide bonds. The van der Waals surface area contributed by atoms with E-state index in [1.54, 1.807) is 23.9 Å². The molecule has 0 N–H and O–H groups in total. The van der Waals surface area contributed by atoms with Crippen molar-refractivity contribution in [2.75, 3.05) is 0 Å². The van der Waals surface area contributed by atoms with E-state index in [2.05, 4.69) is 35.7 Å². The van der Waals surface area contributed by atoms with Gasteiger partial charge in [-0.3, -0.25) is 9.36 Å². The summed E-state index contributed by atoms with van der Waals surface area (Å²) in [4.78, 5) is 24.7. The fourth-order valence-corrected chi connectivity index (χ4v) is 1.84. The van der Waals surface area contributed by atoms with Crippen LogP contribution in [-0.4, -0.2) is 19.5 Å². The van der Waals surface area contributed by atoms with Gasteiger partial charge in [0.05, 0.1) is 11.4 Å². The predicted octanol–water partition coefficient (Wildman–Crippen LogP) is 2.00. The molecule has 0 aliphatic heterocycles. The van der Waals surface area contributed by atoms with Gasteiger partial charge in [0.15, 0.2) is 0 Å². The van der Waals surface area contributed by atoms with E-state index in [1.165, 1.54) is 12.4 Å². The predicted molar refractivity (Wildman–Crippen MR) is 73.8 cm³/mol. The molecule has 100 valence electrons. The van der Waals surface area contributed by atoms with Crippen LogP contribution in [0.3, 0.4) is 0 Å². The average Bonchev–Trinajstić information content (AvgIpc) is 2.41. The van der Waals surface area contributed by atoms with Crippen LogP contribution in [0.5, 0.6) is 0 Å². The van der Waals surface area contributed by atoms with Gasteiger partial charge in [-0.2, -0.15) is 0 Å². The molecule has 0 saturated carbocycles. The van der Waals surface area contributed by atoms with Crippen molar-refractivity contribution in [3.05, 3.63) is 40.8 Å². The van der Waals surface area contributed by atoms with Crippen LogP contribution in [0.1, 0.15) is 32.5 Å². The molecule has 0 fully saturated rings. The van der Waals surface area contributed by atoms with Crippen molar-refractivity contribution in [1.29, 1.82) is 0 Å². The van der Waals surface area contributed by atoms with E-state index < -0.39 is 0 Å². The first-order valence-electron chi connectivity index (χ1n) is 6.35. The third-order valence-corrected chi connectivity index (χ3v) is 3.42. The number of rotatable bonds is 3. The van der Waals surface area contributed by atoms with E-state index in [-0.39, 0.29) is 11.5 Å². The average molecular weight is 258 g/mol. The Hall–Kier alpha value is -2.04. The van der Waals surface area contributed by atoms with Crippen molar-refractivity contribution in [1.82, 2.24) is 19.5 Å². The zero-order valence-corrected chi connectivity index (χ0v) is 11.7. The quantitative estimate of drug-likeness (QED) is 0.844. The molecule has 0 saturated heterocycles. The Morgan fingerprint density at radius 3 is 2.53 bits per heavy atom. The SMILES string of the molecule is CC(C)C(C)c1nc(-c2ccncn2)cc(=O)n1C. The molecule has 2 aromatic heterocycles. The first-order valence-corrected chi connectivity index (χ1v) is 6.35. The molecule has 19 heavy (non-hydrogen) atoms. The van der Waals surface area contributed by atoms with Crippen molar-refractivity contribution < 1.29 is 0 Å². The fraction of sp³-hybridized carbons (Fsp3) is 0.429. The summed E-state index contributed by atoms with van der Waals surface area (Å²) in [5.74, 6) is 1.41. The van der Waals surface area contributed by atoms with Gasteiger partial charge in [-0.25, -0.2) is 15.0 Å². The maximum atomic E-state index is 12.0. The molecular formula is C14H18N4O. The topological polar surface area (TPSA) is 60.7 Å². The molecule has 1 unspecified atom stereocenters. The van der Waals surface area contributed by atoms with Crippen LogP contribution in [0, 0.1) is 5.92 Å². The zero-order valence-electron chi connectivity index (χ0n) is 11.7. The maximum Gasteiger partial charge on any atom is 0.253 e. The van der Waals surface area contributed by atoms with Crippen LogP contribution in [0.2, 0.25) is 0 Å². The fourth-order valence-electron chi connectivity index (χ4n) is 1.84. The van der Waals surface area contributed by atoms with Gasteiger partial charge in [0.2, 0.25) is 0 Å². The Balaban J connectivity index is 2.58. The standard InChI is InChI=1S/C14H18N4O/c1-9(2)10(3)14-17-12(7-13(19)18(14)4)11-5-6-15-8-16-11/h5-10H,1-4H3. The van der Waals surface area contributed by atoms with E-state index in [0.29, 0.717) is 17.3 Å². The first-order chi connectivity index (χ1) is 9.00. The second kappa shape index (κ2) is 5.30. The van der Waals surface area contributed by atoms with Gasteiger partial charge < -0.3 is 0 Å². The van der Waals surface area contributed by atoms with E-state index in [4.69, 9.17) is 0 Å². The van der Waals surface area contributed by atoms with Crippen LogP contribution in [-0.2, 0) is 7.05 Å². The lowest BCUT2D eigenvalue weighted by molar-refractivity contribution is 0.487. The van der Waals surface area contributed by atoms with Crippen molar-refractivity contribution in [2.24, 2.45) is 13.0 Å². The molecular weight excluding hydrogens is 240 g/mol. The molecule has 0 aliphatic carbocycles. The molecule has 1 atom stereocenters. The Morgan fingerprint density at radius 2 is 1.95 bits per heavy atom. The van der Waals surface area contributed by atoms with Crippen LogP contribution in [0.4, 0.5) is 0 Å². The lowest BCUT2D eigenvalue weighted by atomic mass is 9.97. The van der Waals surface area contributed by atoms with Crippen molar-refractivity contribution in [2.45, 2.75) is 26.7 Å². The minimum absolute atomic E-state index is 0.0638. The van der Waals surface area contributed by atoms with E-state index >= 15 is 0 Å². The third kappa shape index (κ3) is 2.70. The van der Waals surface area contributed by atoms with Gasteiger partial charge in [0, 0.05) is 25.2 Å². The third-order valence-electron chi connectivity index (χ3n) is 3.42. The van der Waals surface area contributed by atoms with Gasteiger partial charge in [-0.05, 0) is 12.0 Å². The van der Waals surface area contributed by atoms with E-state index in [1.807, 2.05) is 0 Å². The van der Waals surface area contributed by atoms with Gasteiger partial charge in [-0.15, -0.1) is 0 Å². The van der Waals surface area contributed by atoms with Gasteiger partial charge >= 0.3 is 0 Å². The van der Waals surface area contributed by atoms with Crippen molar-refractivity contribution >= 4 is 0 Å². The lowest BCUT2D eigenvalue weighted by Crippen LogP contribution is -2.24. The second-order valence-corrected chi connectivity index (χ2v) is 5.02. The van der Waals surface area contributed by atoms with Gasteiger partial charge in [-0.1, -0.05) is 20.8 Å². The van der Waals surface area contributed by atoms with Crippen LogP contribution in [0.15, 0.2) is 29.5 Å². The smallest absolute Gasteiger partial charge is 0.253 e. The second-order valence-electron chi connectivity index (χ2n) is 5.02. The lowest BCUT2D eigenvalue weighted by Gasteiger charge is -2.18. The highest BCUT2D eigenvalue weighted by Crippen LogP contribution is 2.22. The molecule has 0 radical (unpaired) electrons. The molecule has 2 heterocycles. The first kappa shape index (κ1) is 13.4. The molecule has 0 spiro atoms. The van der Waals surface area contributed by atoms with Crippen LogP contribution < -0.4 is 5.56 Å². The van der Waals surface area contributed by atoms with Gasteiger partial charge in [0.25, 0.3) is 5.56 Å². The summed E-state index contributed by atoms with van der Waals surface area (Å²) >= 11 is 0. The number of nitrogens with zero attached hydrogens (tertiary/aromatic N) is 4. The minimum atomic E-state index is -0.0638. The summed E-state index contributed by atoms with van der Waals surface area (Å²) in [6, 6.07) is 3.27. The maximum absolute atomic E-state index is 12.0. The number of hydrogen-bond acceptors (Lipinski definition) is 4. The highest BCUT2D eigenvalue weighted by molar-refractivity contribution is 5.52. The normalized spacial score (nSPS) is 12.7. The summed E-state index contributed by atoms with van der Waals surface area (Å²) in [6.45, 7) is 6.32. The van der Waals surface area contributed by atoms with Crippen LogP contribution in [0.25, 0.3) is 11.4 Å². The summed E-state index contributed by atoms with van der Waals surface area (Å²) < 4.78 is 1.61. The van der Waals surface area contributed by atoms with E-state index in [0.717, 1.165) is 5.82 Å². The molecule has 0 bridgehead atoms. The number of aromatic nitrogens is 4. The highest BCUT2D eigenvalue weighted by Gasteiger charge is 2.17. The van der Waals surface area contributed by atoms with Gasteiger partial charge in [0.1, 0.15) is 12.2 Å². The summed E-state index contributed by atoms with van der Waals surface area (Å²) in [7, 11) is 1.76. The Kier molecular flexibility index (Phi) is 3.74. The minimum Gasteiger partial charge on any atom is -0.300 e. The Morgan fingerprint density at radius 1 is 1.21 bits per heavy atom. The molecule has 0 aromatic carbocycles. The largest absolute Gasteiger partial charge is 0.300 e. The van der Waals surface area contributed by atoms with Crippen molar-refractivity contribution in [3.8, 4) is 11.4 Å². The Labute approximate surface area is 112 Å². The summed E-state index contributed by atoms with van der Waals surface area (Å²) in [6.07, 6.45) is 3.10. The van der Waals surface area contributed by atoms with Crippen LogP contribution >= 0.6 is 0 Å². The monoisotopic (exact) mass is 258 g/mol.